The highest BCUT2D eigenvalue weighted by atomic mass is 16.4. The monoisotopic (exact) mass is 195 g/mol. The molecule has 0 saturated heterocycles. The molecule has 0 radical (unpaired) electrons. The van der Waals surface area contributed by atoms with Crippen LogP contribution in [0, 0.1) is 0 Å². The summed E-state index contributed by atoms with van der Waals surface area (Å²) in [6, 6.07) is 1.07. The molecule has 4 N–H and O–H groups in total. The Balaban J connectivity index is 1.98. The maximum atomic E-state index is 10.5. The van der Waals surface area contributed by atoms with Crippen LogP contribution in [0.1, 0.15) is 30.1 Å². The average Bonchev–Trinajstić information content (AvgIpc) is 2.88. The SMILES string of the molecule is NC(Cc1cc(C2CC2)n[nH]1)C(=O)O. The van der Waals surface area contributed by atoms with Gasteiger partial charge >= 0.3 is 5.97 Å². The molecule has 1 aromatic heterocycles. The molecule has 1 heterocycles. The van der Waals surface area contributed by atoms with Gasteiger partial charge in [-0.05, 0) is 18.9 Å². The number of carboxylic acid groups (broad SMARTS) is 1. The summed E-state index contributed by atoms with van der Waals surface area (Å²) >= 11 is 0. The summed E-state index contributed by atoms with van der Waals surface area (Å²) in [6.07, 6.45) is 2.69. The number of hydrogen-bond donors (Lipinski definition) is 3. The Morgan fingerprint density at radius 1 is 1.79 bits per heavy atom. The van der Waals surface area contributed by atoms with E-state index in [1.54, 1.807) is 0 Å². The van der Waals surface area contributed by atoms with Crippen LogP contribution >= 0.6 is 0 Å². The Hall–Kier alpha value is -1.36. The Labute approximate surface area is 81.3 Å². The highest BCUT2D eigenvalue weighted by Gasteiger charge is 2.26. The lowest BCUT2D eigenvalue weighted by Gasteiger charge is -2.02. The number of nitrogens with two attached hydrogens (primary N) is 1. The van der Waals surface area contributed by atoms with Crippen LogP contribution in [-0.4, -0.2) is 27.3 Å². The zero-order valence-electron chi connectivity index (χ0n) is 7.73. The van der Waals surface area contributed by atoms with Crippen molar-refractivity contribution in [2.75, 3.05) is 0 Å². The summed E-state index contributed by atoms with van der Waals surface area (Å²) < 4.78 is 0. The molecule has 1 unspecified atom stereocenters. The van der Waals surface area contributed by atoms with Crippen LogP contribution in [0.25, 0.3) is 0 Å². The standard InChI is InChI=1S/C9H13N3O2/c10-7(9(13)14)3-6-4-8(12-11-6)5-1-2-5/h4-5,7H,1-3,10H2,(H,11,12)(H,13,14). The predicted octanol–water partition coefficient (Wildman–Crippen LogP) is 0.241. The second-order valence-electron chi connectivity index (χ2n) is 3.74. The molecule has 5 heteroatoms. The Morgan fingerprint density at radius 2 is 2.50 bits per heavy atom. The fraction of sp³-hybridized carbons (Fsp3) is 0.556. The van der Waals surface area contributed by atoms with E-state index >= 15 is 0 Å². The molecule has 0 amide bonds. The van der Waals surface area contributed by atoms with Gasteiger partial charge in [-0.1, -0.05) is 0 Å². The summed E-state index contributed by atoms with van der Waals surface area (Å²) in [5.74, 6) is -0.395. The van der Waals surface area contributed by atoms with E-state index in [-0.39, 0.29) is 0 Å². The van der Waals surface area contributed by atoms with E-state index in [1.165, 1.54) is 12.8 Å². The van der Waals surface area contributed by atoms with E-state index in [0.717, 1.165) is 11.4 Å². The fourth-order valence-electron chi connectivity index (χ4n) is 1.40. The summed E-state index contributed by atoms with van der Waals surface area (Å²) in [7, 11) is 0. The zero-order chi connectivity index (χ0) is 10.1. The van der Waals surface area contributed by atoms with Gasteiger partial charge in [0.25, 0.3) is 0 Å². The van der Waals surface area contributed by atoms with Crippen molar-refractivity contribution in [2.45, 2.75) is 31.2 Å². The maximum absolute atomic E-state index is 10.5. The number of nitrogens with one attached hydrogen (secondary N) is 1. The predicted molar refractivity (Wildman–Crippen MR) is 49.9 cm³/mol. The lowest BCUT2D eigenvalue weighted by molar-refractivity contribution is -0.138. The number of carbonyl (C=O) groups is 1. The van der Waals surface area contributed by atoms with Gasteiger partial charge in [0.1, 0.15) is 6.04 Å². The minimum absolute atomic E-state index is 0.315. The molecule has 0 aromatic carbocycles. The highest BCUT2D eigenvalue weighted by Crippen LogP contribution is 2.38. The van der Waals surface area contributed by atoms with Gasteiger partial charge in [0.2, 0.25) is 0 Å². The van der Waals surface area contributed by atoms with Crippen molar-refractivity contribution >= 4 is 5.97 Å². The van der Waals surface area contributed by atoms with Gasteiger partial charge in [0.05, 0.1) is 5.69 Å². The van der Waals surface area contributed by atoms with Gasteiger partial charge in [0, 0.05) is 18.0 Å². The molecule has 1 aromatic rings. The molecular formula is C9H13N3O2. The quantitative estimate of drug-likeness (QED) is 0.641. The van der Waals surface area contributed by atoms with Gasteiger partial charge in [-0.2, -0.15) is 5.10 Å². The molecule has 0 bridgehead atoms. The van der Waals surface area contributed by atoms with Crippen LogP contribution in [0.15, 0.2) is 6.07 Å². The molecule has 1 aliphatic rings. The van der Waals surface area contributed by atoms with Gasteiger partial charge in [-0.3, -0.25) is 9.89 Å². The largest absolute Gasteiger partial charge is 0.480 e. The molecule has 5 nitrogen and oxygen atoms in total. The molecule has 1 saturated carbocycles. The number of nitrogens with zero attached hydrogens (tertiary/aromatic N) is 1. The Kier molecular flexibility index (Phi) is 2.25. The second kappa shape index (κ2) is 3.42. The first-order chi connectivity index (χ1) is 6.66. The molecule has 1 atom stereocenters. The van der Waals surface area contributed by atoms with Crippen LogP contribution in [0.4, 0.5) is 0 Å². The van der Waals surface area contributed by atoms with E-state index in [1.807, 2.05) is 6.07 Å². The number of carboxylic acids is 1. The number of aromatic nitrogens is 2. The topological polar surface area (TPSA) is 92.0 Å². The Morgan fingerprint density at radius 3 is 3.07 bits per heavy atom. The van der Waals surface area contributed by atoms with Crippen LogP contribution in [-0.2, 0) is 11.2 Å². The average molecular weight is 195 g/mol. The lowest BCUT2D eigenvalue weighted by atomic mass is 10.1. The van der Waals surface area contributed by atoms with Crippen molar-refractivity contribution in [3.8, 4) is 0 Å². The number of rotatable bonds is 4. The molecule has 1 aliphatic carbocycles. The van der Waals surface area contributed by atoms with Crippen LogP contribution < -0.4 is 5.73 Å². The molecule has 1 fully saturated rings. The van der Waals surface area contributed by atoms with Crippen molar-refractivity contribution in [2.24, 2.45) is 5.73 Å². The normalized spacial score (nSPS) is 18.1. The van der Waals surface area contributed by atoms with E-state index < -0.39 is 12.0 Å². The summed E-state index contributed by atoms with van der Waals surface area (Å²) in [5, 5.41) is 15.5. The van der Waals surface area contributed by atoms with E-state index in [4.69, 9.17) is 10.8 Å². The van der Waals surface area contributed by atoms with Crippen LogP contribution in [0.2, 0.25) is 0 Å². The zero-order valence-corrected chi connectivity index (χ0v) is 7.73. The van der Waals surface area contributed by atoms with Crippen molar-refractivity contribution in [3.63, 3.8) is 0 Å². The highest BCUT2D eigenvalue weighted by molar-refractivity contribution is 5.73. The van der Waals surface area contributed by atoms with Gasteiger partial charge in [-0.25, -0.2) is 0 Å². The molecule has 0 aliphatic heterocycles. The smallest absolute Gasteiger partial charge is 0.320 e. The molecule has 0 spiro atoms. The van der Waals surface area contributed by atoms with Gasteiger partial charge < -0.3 is 10.8 Å². The van der Waals surface area contributed by atoms with Crippen LogP contribution in [0.5, 0.6) is 0 Å². The van der Waals surface area contributed by atoms with E-state index in [0.29, 0.717) is 12.3 Å². The first kappa shape index (κ1) is 9.21. The van der Waals surface area contributed by atoms with Gasteiger partial charge in [-0.15, -0.1) is 0 Å². The molecule has 14 heavy (non-hydrogen) atoms. The summed E-state index contributed by atoms with van der Waals surface area (Å²) in [5.41, 5.74) is 7.25. The van der Waals surface area contributed by atoms with Gasteiger partial charge in [0.15, 0.2) is 0 Å². The third-order valence-corrected chi connectivity index (χ3v) is 2.40. The van der Waals surface area contributed by atoms with Crippen molar-refractivity contribution in [1.29, 1.82) is 0 Å². The first-order valence-corrected chi connectivity index (χ1v) is 4.69. The minimum atomic E-state index is -0.979. The van der Waals surface area contributed by atoms with Crippen molar-refractivity contribution in [3.05, 3.63) is 17.5 Å². The minimum Gasteiger partial charge on any atom is -0.480 e. The second-order valence-corrected chi connectivity index (χ2v) is 3.74. The molecule has 2 rings (SSSR count). The third-order valence-electron chi connectivity index (χ3n) is 2.40. The van der Waals surface area contributed by atoms with E-state index in [9.17, 15) is 4.79 Å². The first-order valence-electron chi connectivity index (χ1n) is 4.69. The van der Waals surface area contributed by atoms with Crippen molar-refractivity contribution < 1.29 is 9.90 Å². The number of H-pyrrole nitrogens is 1. The number of aromatic amines is 1. The number of hydrogen-bond acceptors (Lipinski definition) is 3. The summed E-state index contributed by atoms with van der Waals surface area (Å²) in [6.45, 7) is 0. The fourth-order valence-corrected chi connectivity index (χ4v) is 1.40. The maximum Gasteiger partial charge on any atom is 0.320 e. The van der Waals surface area contributed by atoms with Crippen LogP contribution in [0.3, 0.4) is 0 Å². The Bertz CT molecular complexity index is 344. The summed E-state index contributed by atoms with van der Waals surface area (Å²) in [4.78, 5) is 10.5. The van der Waals surface area contributed by atoms with E-state index in [2.05, 4.69) is 10.2 Å². The van der Waals surface area contributed by atoms with Crippen molar-refractivity contribution in [1.82, 2.24) is 10.2 Å². The third kappa shape index (κ3) is 1.93. The number of aliphatic carboxylic acids is 1. The molecular weight excluding hydrogens is 182 g/mol. The lowest BCUT2D eigenvalue weighted by Crippen LogP contribution is -2.32. The molecule has 76 valence electrons.